The van der Waals surface area contributed by atoms with E-state index < -0.39 is 24.1 Å². The zero-order chi connectivity index (χ0) is 14.6. The van der Waals surface area contributed by atoms with Gasteiger partial charge in [-0.05, 0) is 18.1 Å². The number of rotatable bonds is 4. The Morgan fingerprint density at radius 1 is 1.32 bits per heavy atom. The molecule has 1 aromatic carbocycles. The van der Waals surface area contributed by atoms with Crippen LogP contribution in [0.1, 0.15) is 13.8 Å². The second kappa shape index (κ2) is 5.92. The van der Waals surface area contributed by atoms with Crippen molar-refractivity contribution in [3.05, 3.63) is 24.3 Å². The summed E-state index contributed by atoms with van der Waals surface area (Å²) in [7, 11) is 0. The molecule has 7 heteroatoms. The predicted octanol–water partition coefficient (Wildman–Crippen LogP) is 2.51. The second-order valence-electron chi connectivity index (χ2n) is 4.30. The maximum atomic E-state index is 12.2. The average molecular weight is 276 g/mol. The summed E-state index contributed by atoms with van der Waals surface area (Å²) in [6, 6.07) is 4.48. The van der Waals surface area contributed by atoms with E-state index in [0.29, 0.717) is 0 Å². The normalized spacial score (nSPS) is 13.2. The Morgan fingerprint density at radius 2 is 1.89 bits per heavy atom. The molecule has 1 aromatic rings. The SMILES string of the molecule is CC(C)C(N)C(=O)Nc1ccccc1OC(F)(F)F. The highest BCUT2D eigenvalue weighted by atomic mass is 19.4. The number of hydrogen-bond donors (Lipinski definition) is 2. The number of halogens is 3. The zero-order valence-electron chi connectivity index (χ0n) is 10.5. The fraction of sp³-hybridized carbons (Fsp3) is 0.417. The molecular weight excluding hydrogens is 261 g/mol. The third-order valence-electron chi connectivity index (χ3n) is 2.39. The van der Waals surface area contributed by atoms with Crippen LogP contribution in [0.3, 0.4) is 0 Å². The largest absolute Gasteiger partial charge is 0.573 e. The molecule has 1 amide bonds. The Hall–Kier alpha value is -1.76. The molecule has 1 unspecified atom stereocenters. The third-order valence-corrected chi connectivity index (χ3v) is 2.39. The minimum absolute atomic E-state index is 0.0686. The molecule has 4 nitrogen and oxygen atoms in total. The minimum atomic E-state index is -4.82. The first-order chi connectivity index (χ1) is 8.70. The maximum Gasteiger partial charge on any atom is 0.573 e. The van der Waals surface area contributed by atoms with Crippen LogP contribution in [0.15, 0.2) is 24.3 Å². The van der Waals surface area contributed by atoms with Gasteiger partial charge in [0.15, 0.2) is 5.75 Å². The number of anilines is 1. The molecule has 0 heterocycles. The molecule has 0 fully saturated rings. The standard InChI is InChI=1S/C12H15F3N2O2/c1-7(2)10(16)11(18)17-8-5-3-4-6-9(8)19-12(13,14)15/h3-7,10H,16H2,1-2H3,(H,17,18). The molecule has 0 saturated heterocycles. The van der Waals surface area contributed by atoms with Gasteiger partial charge in [0, 0.05) is 0 Å². The Labute approximate surface area is 108 Å². The van der Waals surface area contributed by atoms with E-state index in [0.717, 1.165) is 6.07 Å². The quantitative estimate of drug-likeness (QED) is 0.888. The Morgan fingerprint density at radius 3 is 2.42 bits per heavy atom. The fourth-order valence-electron chi connectivity index (χ4n) is 1.30. The first kappa shape index (κ1) is 15.3. The van der Waals surface area contributed by atoms with Crippen molar-refractivity contribution < 1.29 is 22.7 Å². The fourth-order valence-corrected chi connectivity index (χ4v) is 1.30. The molecule has 0 radical (unpaired) electrons. The van der Waals surface area contributed by atoms with Gasteiger partial charge < -0.3 is 15.8 Å². The highest BCUT2D eigenvalue weighted by Gasteiger charge is 2.32. The van der Waals surface area contributed by atoms with E-state index in [1.807, 2.05) is 0 Å². The molecule has 0 aliphatic rings. The summed E-state index contributed by atoms with van der Waals surface area (Å²) in [5.41, 5.74) is 5.54. The number of nitrogens with two attached hydrogens (primary N) is 1. The van der Waals surface area contributed by atoms with E-state index in [2.05, 4.69) is 10.1 Å². The van der Waals surface area contributed by atoms with Gasteiger partial charge in [-0.2, -0.15) is 0 Å². The molecule has 106 valence electrons. The van der Waals surface area contributed by atoms with Gasteiger partial charge in [0.2, 0.25) is 5.91 Å². The second-order valence-corrected chi connectivity index (χ2v) is 4.30. The average Bonchev–Trinajstić information content (AvgIpc) is 2.28. The van der Waals surface area contributed by atoms with Crippen LogP contribution in [0.25, 0.3) is 0 Å². The van der Waals surface area contributed by atoms with Crippen LogP contribution < -0.4 is 15.8 Å². The number of nitrogens with one attached hydrogen (secondary N) is 1. The van der Waals surface area contributed by atoms with Crippen molar-refractivity contribution >= 4 is 11.6 Å². The van der Waals surface area contributed by atoms with Gasteiger partial charge in [-0.3, -0.25) is 4.79 Å². The highest BCUT2D eigenvalue weighted by Crippen LogP contribution is 2.30. The Balaban J connectivity index is 2.87. The lowest BCUT2D eigenvalue weighted by Gasteiger charge is -2.17. The Kier molecular flexibility index (Phi) is 4.77. The van der Waals surface area contributed by atoms with Crippen molar-refractivity contribution in [2.45, 2.75) is 26.3 Å². The summed E-state index contributed by atoms with van der Waals surface area (Å²) in [5.74, 6) is -1.16. The number of amides is 1. The topological polar surface area (TPSA) is 64.4 Å². The predicted molar refractivity (Wildman–Crippen MR) is 64.6 cm³/mol. The van der Waals surface area contributed by atoms with Crippen LogP contribution in [-0.2, 0) is 4.79 Å². The number of alkyl halides is 3. The third kappa shape index (κ3) is 4.78. The summed E-state index contributed by atoms with van der Waals surface area (Å²) < 4.78 is 40.4. The van der Waals surface area contributed by atoms with Gasteiger partial charge in [0.1, 0.15) is 0 Å². The number of carbonyl (C=O) groups excluding carboxylic acids is 1. The maximum absolute atomic E-state index is 12.2. The monoisotopic (exact) mass is 276 g/mol. The van der Waals surface area contributed by atoms with Crippen molar-refractivity contribution in [1.29, 1.82) is 0 Å². The van der Waals surface area contributed by atoms with E-state index in [4.69, 9.17) is 5.73 Å². The van der Waals surface area contributed by atoms with Crippen molar-refractivity contribution in [1.82, 2.24) is 0 Å². The minimum Gasteiger partial charge on any atom is -0.404 e. The molecule has 19 heavy (non-hydrogen) atoms. The van der Waals surface area contributed by atoms with Crippen molar-refractivity contribution in [2.24, 2.45) is 11.7 Å². The summed E-state index contributed by atoms with van der Waals surface area (Å²) in [4.78, 5) is 11.7. The van der Waals surface area contributed by atoms with E-state index in [1.165, 1.54) is 18.2 Å². The van der Waals surface area contributed by atoms with Crippen LogP contribution in [0, 0.1) is 5.92 Å². The van der Waals surface area contributed by atoms with Crippen LogP contribution in [0.2, 0.25) is 0 Å². The van der Waals surface area contributed by atoms with Gasteiger partial charge in [0.05, 0.1) is 11.7 Å². The molecule has 0 aliphatic carbocycles. The summed E-state index contributed by atoms with van der Waals surface area (Å²) in [5, 5.41) is 2.33. The van der Waals surface area contributed by atoms with Gasteiger partial charge in [-0.1, -0.05) is 26.0 Å². The Bertz CT molecular complexity index is 447. The summed E-state index contributed by atoms with van der Waals surface area (Å²) >= 11 is 0. The van der Waals surface area contributed by atoms with Crippen molar-refractivity contribution in [3.8, 4) is 5.75 Å². The first-order valence-electron chi connectivity index (χ1n) is 5.62. The number of hydrogen-bond acceptors (Lipinski definition) is 3. The van der Waals surface area contributed by atoms with E-state index in [-0.39, 0.29) is 11.6 Å². The summed E-state index contributed by atoms with van der Waals surface area (Å²) in [6.07, 6.45) is -4.82. The van der Waals surface area contributed by atoms with Crippen molar-refractivity contribution in [3.63, 3.8) is 0 Å². The van der Waals surface area contributed by atoms with Gasteiger partial charge in [-0.15, -0.1) is 13.2 Å². The lowest BCUT2D eigenvalue weighted by Crippen LogP contribution is -2.39. The molecule has 3 N–H and O–H groups in total. The van der Waals surface area contributed by atoms with Gasteiger partial charge >= 0.3 is 6.36 Å². The van der Waals surface area contributed by atoms with Gasteiger partial charge in [-0.25, -0.2) is 0 Å². The van der Waals surface area contributed by atoms with E-state index in [1.54, 1.807) is 13.8 Å². The molecular formula is C12H15F3N2O2. The zero-order valence-corrected chi connectivity index (χ0v) is 10.5. The first-order valence-corrected chi connectivity index (χ1v) is 5.62. The molecule has 1 rings (SSSR count). The molecule has 1 atom stereocenters. The number of carbonyl (C=O) groups is 1. The molecule has 0 aliphatic heterocycles. The van der Waals surface area contributed by atoms with Crippen LogP contribution in [0.5, 0.6) is 5.75 Å². The molecule has 0 saturated carbocycles. The van der Waals surface area contributed by atoms with Crippen LogP contribution in [-0.4, -0.2) is 18.3 Å². The molecule has 0 bridgehead atoms. The van der Waals surface area contributed by atoms with Crippen molar-refractivity contribution in [2.75, 3.05) is 5.32 Å². The van der Waals surface area contributed by atoms with E-state index in [9.17, 15) is 18.0 Å². The lowest BCUT2D eigenvalue weighted by atomic mass is 10.0. The van der Waals surface area contributed by atoms with Crippen LogP contribution >= 0.6 is 0 Å². The number of ether oxygens (including phenoxy) is 1. The van der Waals surface area contributed by atoms with Gasteiger partial charge in [0.25, 0.3) is 0 Å². The molecule has 0 spiro atoms. The highest BCUT2D eigenvalue weighted by molar-refractivity contribution is 5.96. The lowest BCUT2D eigenvalue weighted by molar-refractivity contribution is -0.274. The smallest absolute Gasteiger partial charge is 0.404 e. The number of benzene rings is 1. The molecule has 0 aromatic heterocycles. The van der Waals surface area contributed by atoms with Crippen LogP contribution in [0.4, 0.5) is 18.9 Å². The number of para-hydroxylation sites is 2. The summed E-state index contributed by atoms with van der Waals surface area (Å²) in [6.45, 7) is 3.48. The van der Waals surface area contributed by atoms with E-state index >= 15 is 0 Å².